The van der Waals surface area contributed by atoms with E-state index in [2.05, 4.69) is 17.0 Å². The number of hydrogen-bond acceptors (Lipinski definition) is 5. The summed E-state index contributed by atoms with van der Waals surface area (Å²) in [6.45, 7) is 4.67. The number of ether oxygens (including phenoxy) is 2. The van der Waals surface area contributed by atoms with Crippen LogP contribution >= 0.6 is 12.4 Å². The molecular weight excluding hydrogens is 390 g/mol. The quantitative estimate of drug-likeness (QED) is 0.659. The molecule has 1 unspecified atom stereocenters. The van der Waals surface area contributed by atoms with Gasteiger partial charge in [-0.1, -0.05) is 42.5 Å². The van der Waals surface area contributed by atoms with Gasteiger partial charge in [0.1, 0.15) is 18.5 Å². The van der Waals surface area contributed by atoms with E-state index in [9.17, 15) is 9.90 Å². The van der Waals surface area contributed by atoms with Crippen LogP contribution in [0.1, 0.15) is 19.8 Å². The number of hydrogen-bond donors (Lipinski definition) is 1. The standard InChI is InChI=1S/C23H29NO4.ClH/c1-2-27-23(26)20-12-14-24(15-13-20)16-21(25)17-28-22-10-8-19(9-11-22)18-6-4-3-5-7-18;/h3-11,20-21,25H,2,12-17H2,1H3;1H. The molecule has 0 spiro atoms. The van der Waals surface area contributed by atoms with Crippen LogP contribution in [0.25, 0.3) is 11.1 Å². The fourth-order valence-electron chi connectivity index (χ4n) is 3.53. The summed E-state index contributed by atoms with van der Waals surface area (Å²) in [5, 5.41) is 10.3. The van der Waals surface area contributed by atoms with Gasteiger partial charge in [0, 0.05) is 6.54 Å². The number of carbonyl (C=O) groups is 1. The molecule has 1 N–H and O–H groups in total. The molecule has 1 fully saturated rings. The summed E-state index contributed by atoms with van der Waals surface area (Å²) >= 11 is 0. The first-order chi connectivity index (χ1) is 13.7. The molecule has 1 heterocycles. The maximum atomic E-state index is 11.8. The number of nitrogens with zero attached hydrogens (tertiary/aromatic N) is 1. The van der Waals surface area contributed by atoms with Crippen molar-refractivity contribution in [1.82, 2.24) is 4.90 Å². The van der Waals surface area contributed by atoms with E-state index in [4.69, 9.17) is 9.47 Å². The zero-order valence-corrected chi connectivity index (χ0v) is 17.6. The summed E-state index contributed by atoms with van der Waals surface area (Å²) in [6, 6.07) is 18.1. The van der Waals surface area contributed by atoms with Crippen LogP contribution < -0.4 is 4.74 Å². The third-order valence-electron chi connectivity index (χ3n) is 5.08. The van der Waals surface area contributed by atoms with Gasteiger partial charge in [0.25, 0.3) is 0 Å². The fourth-order valence-corrected chi connectivity index (χ4v) is 3.53. The third-order valence-corrected chi connectivity index (χ3v) is 5.08. The minimum Gasteiger partial charge on any atom is -0.491 e. The molecule has 5 nitrogen and oxygen atoms in total. The first kappa shape index (κ1) is 23.2. The molecule has 1 atom stereocenters. The van der Waals surface area contributed by atoms with Crippen LogP contribution in [0.5, 0.6) is 5.75 Å². The van der Waals surface area contributed by atoms with Gasteiger partial charge in [0.2, 0.25) is 0 Å². The summed E-state index contributed by atoms with van der Waals surface area (Å²) in [4.78, 5) is 14.0. The van der Waals surface area contributed by atoms with Crippen LogP contribution in [0, 0.1) is 5.92 Å². The lowest BCUT2D eigenvalue weighted by Gasteiger charge is -2.32. The van der Waals surface area contributed by atoms with Gasteiger partial charge < -0.3 is 19.5 Å². The zero-order chi connectivity index (χ0) is 19.8. The number of aliphatic hydroxyl groups is 1. The van der Waals surface area contributed by atoms with Crippen molar-refractivity contribution < 1.29 is 19.4 Å². The van der Waals surface area contributed by atoms with E-state index in [1.807, 2.05) is 49.4 Å². The molecule has 1 aliphatic heterocycles. The topological polar surface area (TPSA) is 59.0 Å². The van der Waals surface area contributed by atoms with Crippen molar-refractivity contribution in [3.05, 3.63) is 54.6 Å². The van der Waals surface area contributed by atoms with E-state index in [1.165, 1.54) is 5.56 Å². The molecule has 1 saturated heterocycles. The van der Waals surface area contributed by atoms with Crippen LogP contribution in [-0.4, -0.2) is 54.9 Å². The van der Waals surface area contributed by atoms with Crippen molar-refractivity contribution in [2.45, 2.75) is 25.9 Å². The van der Waals surface area contributed by atoms with Gasteiger partial charge in [-0.25, -0.2) is 0 Å². The molecule has 0 aliphatic carbocycles. The van der Waals surface area contributed by atoms with Gasteiger partial charge in [-0.2, -0.15) is 0 Å². The van der Waals surface area contributed by atoms with Gasteiger partial charge in [-0.3, -0.25) is 4.79 Å². The Morgan fingerprint density at radius 1 is 1.07 bits per heavy atom. The second kappa shape index (κ2) is 11.8. The second-order valence-corrected chi connectivity index (χ2v) is 7.18. The SMILES string of the molecule is CCOC(=O)C1CCN(CC(O)COc2ccc(-c3ccccc3)cc2)CC1.Cl. The van der Waals surface area contributed by atoms with E-state index >= 15 is 0 Å². The number of likely N-dealkylation sites (tertiary alicyclic amines) is 1. The molecule has 0 radical (unpaired) electrons. The van der Waals surface area contributed by atoms with Crippen molar-refractivity contribution in [2.75, 3.05) is 32.8 Å². The highest BCUT2D eigenvalue weighted by molar-refractivity contribution is 5.85. The first-order valence-corrected chi connectivity index (χ1v) is 10.0. The number of carbonyl (C=O) groups excluding carboxylic acids is 1. The molecule has 1 aliphatic rings. The number of rotatable bonds is 8. The Kier molecular flexibility index (Phi) is 9.45. The van der Waals surface area contributed by atoms with Crippen molar-refractivity contribution in [2.24, 2.45) is 5.92 Å². The second-order valence-electron chi connectivity index (χ2n) is 7.18. The first-order valence-electron chi connectivity index (χ1n) is 10.0. The Morgan fingerprint density at radius 2 is 1.69 bits per heavy atom. The van der Waals surface area contributed by atoms with Gasteiger partial charge in [-0.15, -0.1) is 12.4 Å². The summed E-state index contributed by atoms with van der Waals surface area (Å²) in [6.07, 6.45) is 1.01. The lowest BCUT2D eigenvalue weighted by molar-refractivity contribution is -0.149. The van der Waals surface area contributed by atoms with Gasteiger partial charge >= 0.3 is 5.97 Å². The highest BCUT2D eigenvalue weighted by Gasteiger charge is 2.26. The number of benzene rings is 2. The van der Waals surface area contributed by atoms with Crippen LogP contribution in [0.2, 0.25) is 0 Å². The van der Waals surface area contributed by atoms with E-state index in [-0.39, 0.29) is 30.9 Å². The lowest BCUT2D eigenvalue weighted by atomic mass is 9.97. The fraction of sp³-hybridized carbons (Fsp3) is 0.435. The predicted molar refractivity (Wildman–Crippen MR) is 116 cm³/mol. The molecule has 3 rings (SSSR count). The monoisotopic (exact) mass is 419 g/mol. The summed E-state index contributed by atoms with van der Waals surface area (Å²) in [5.41, 5.74) is 2.30. The minimum atomic E-state index is -0.562. The maximum Gasteiger partial charge on any atom is 0.309 e. The molecular formula is C23H30ClNO4. The van der Waals surface area contributed by atoms with Gasteiger partial charge in [-0.05, 0) is 56.1 Å². The smallest absolute Gasteiger partial charge is 0.309 e. The zero-order valence-electron chi connectivity index (χ0n) is 16.8. The number of piperidine rings is 1. The number of halogens is 1. The minimum absolute atomic E-state index is 0. The van der Waals surface area contributed by atoms with Crippen LogP contribution in [0.3, 0.4) is 0 Å². The van der Waals surface area contributed by atoms with Crippen molar-refractivity contribution in [3.63, 3.8) is 0 Å². The Labute approximate surface area is 179 Å². The van der Waals surface area contributed by atoms with Crippen molar-refractivity contribution in [1.29, 1.82) is 0 Å². The van der Waals surface area contributed by atoms with Crippen LogP contribution in [-0.2, 0) is 9.53 Å². The predicted octanol–water partition coefficient (Wildman–Crippen LogP) is 3.79. The summed E-state index contributed by atoms with van der Waals surface area (Å²) in [7, 11) is 0. The maximum absolute atomic E-state index is 11.8. The van der Waals surface area contributed by atoms with Crippen molar-refractivity contribution >= 4 is 18.4 Å². The van der Waals surface area contributed by atoms with E-state index in [1.54, 1.807) is 0 Å². The van der Waals surface area contributed by atoms with Crippen LogP contribution in [0.4, 0.5) is 0 Å². The summed E-state index contributed by atoms with van der Waals surface area (Å²) in [5.74, 6) is 0.650. The number of β-amino-alcohol motifs (C(OH)–C–C–N with tert-alkyl or cyclic N) is 1. The summed E-state index contributed by atoms with van der Waals surface area (Å²) < 4.78 is 10.8. The molecule has 0 bridgehead atoms. The normalized spacial score (nSPS) is 15.9. The Hall–Kier alpha value is -2.08. The molecule has 0 saturated carbocycles. The average molecular weight is 420 g/mol. The van der Waals surface area contributed by atoms with Gasteiger partial charge in [0.15, 0.2) is 0 Å². The van der Waals surface area contributed by atoms with Gasteiger partial charge in [0.05, 0.1) is 12.5 Å². The highest BCUT2D eigenvalue weighted by Crippen LogP contribution is 2.22. The Balaban J connectivity index is 0.00000300. The van der Waals surface area contributed by atoms with Crippen LogP contribution in [0.15, 0.2) is 54.6 Å². The molecule has 2 aromatic carbocycles. The molecule has 29 heavy (non-hydrogen) atoms. The van der Waals surface area contributed by atoms with Crippen molar-refractivity contribution in [3.8, 4) is 16.9 Å². The average Bonchev–Trinajstić information content (AvgIpc) is 2.74. The third kappa shape index (κ3) is 7.03. The molecule has 2 aromatic rings. The lowest BCUT2D eigenvalue weighted by Crippen LogP contribution is -2.42. The molecule has 6 heteroatoms. The molecule has 0 aromatic heterocycles. The highest BCUT2D eigenvalue weighted by atomic mass is 35.5. The Morgan fingerprint density at radius 3 is 2.31 bits per heavy atom. The number of esters is 1. The molecule has 158 valence electrons. The Bertz CT molecular complexity index is 730. The van der Waals surface area contributed by atoms with E-state index < -0.39 is 6.10 Å². The largest absolute Gasteiger partial charge is 0.491 e. The number of aliphatic hydroxyl groups excluding tert-OH is 1. The molecule has 0 amide bonds. The van der Waals surface area contributed by atoms with E-state index in [0.29, 0.717) is 13.2 Å². The van der Waals surface area contributed by atoms with E-state index in [0.717, 1.165) is 37.2 Å².